The molecule has 3 rings (SSSR count). The zero-order valence-electron chi connectivity index (χ0n) is 12.9. The highest BCUT2D eigenvalue weighted by molar-refractivity contribution is 6.31. The standard InChI is InChI=1S/C18H23ClN2/c1-3-5-14-6-4-7-18-15(10-14)12-20-21(18)16-9-8-13(2)17(19)11-16/h8-9,11-12,14H,3-7,10H2,1-2H3. The quantitative estimate of drug-likeness (QED) is 0.719. The van der Waals surface area contributed by atoms with E-state index in [0.29, 0.717) is 0 Å². The molecule has 0 amide bonds. The Balaban J connectivity index is 1.94. The van der Waals surface area contributed by atoms with E-state index in [9.17, 15) is 0 Å². The average molecular weight is 303 g/mol. The van der Waals surface area contributed by atoms with Gasteiger partial charge < -0.3 is 0 Å². The second-order valence-electron chi connectivity index (χ2n) is 6.21. The molecule has 0 radical (unpaired) electrons. The summed E-state index contributed by atoms with van der Waals surface area (Å²) in [4.78, 5) is 0. The van der Waals surface area contributed by atoms with Crippen molar-refractivity contribution in [2.45, 2.75) is 52.4 Å². The first kappa shape index (κ1) is 14.6. The van der Waals surface area contributed by atoms with Gasteiger partial charge in [-0.05, 0) is 61.8 Å². The number of benzene rings is 1. The van der Waals surface area contributed by atoms with Crippen LogP contribution in [0.1, 0.15) is 49.4 Å². The van der Waals surface area contributed by atoms with E-state index in [-0.39, 0.29) is 0 Å². The first-order chi connectivity index (χ1) is 10.2. The van der Waals surface area contributed by atoms with Crippen molar-refractivity contribution in [2.24, 2.45) is 5.92 Å². The molecule has 0 aliphatic heterocycles. The van der Waals surface area contributed by atoms with Crippen LogP contribution in [0.5, 0.6) is 0 Å². The molecule has 0 saturated heterocycles. The SMILES string of the molecule is CCCC1CCCc2c(cnn2-c2ccc(C)c(Cl)c2)C1. The Morgan fingerprint density at radius 2 is 2.24 bits per heavy atom. The highest BCUT2D eigenvalue weighted by Crippen LogP contribution is 2.29. The first-order valence-corrected chi connectivity index (χ1v) is 8.39. The van der Waals surface area contributed by atoms with E-state index in [4.69, 9.17) is 11.6 Å². The largest absolute Gasteiger partial charge is 0.237 e. The van der Waals surface area contributed by atoms with Gasteiger partial charge in [0.25, 0.3) is 0 Å². The van der Waals surface area contributed by atoms with Crippen molar-refractivity contribution in [1.29, 1.82) is 0 Å². The topological polar surface area (TPSA) is 17.8 Å². The molecule has 1 aromatic carbocycles. The summed E-state index contributed by atoms with van der Waals surface area (Å²) in [6, 6.07) is 6.21. The van der Waals surface area contributed by atoms with Gasteiger partial charge in [-0.2, -0.15) is 5.10 Å². The zero-order chi connectivity index (χ0) is 14.8. The molecule has 0 bridgehead atoms. The molecular weight excluding hydrogens is 280 g/mol. The summed E-state index contributed by atoms with van der Waals surface area (Å²) in [6.45, 7) is 4.31. The number of aryl methyl sites for hydroxylation is 1. The summed E-state index contributed by atoms with van der Waals surface area (Å²) in [5, 5.41) is 5.45. The van der Waals surface area contributed by atoms with E-state index >= 15 is 0 Å². The molecule has 1 unspecified atom stereocenters. The predicted octanol–water partition coefficient (Wildman–Crippen LogP) is 5.13. The lowest BCUT2D eigenvalue weighted by atomic mass is 9.94. The van der Waals surface area contributed by atoms with E-state index in [1.165, 1.54) is 43.4 Å². The van der Waals surface area contributed by atoms with Crippen LogP contribution in [0.3, 0.4) is 0 Å². The maximum Gasteiger partial charge on any atom is 0.0663 e. The molecule has 2 nitrogen and oxygen atoms in total. The predicted molar refractivity (Wildman–Crippen MR) is 88.4 cm³/mol. The van der Waals surface area contributed by atoms with Crippen molar-refractivity contribution in [1.82, 2.24) is 9.78 Å². The third kappa shape index (κ3) is 3.01. The molecule has 0 fully saturated rings. The first-order valence-electron chi connectivity index (χ1n) is 8.01. The van der Waals surface area contributed by atoms with Gasteiger partial charge in [-0.3, -0.25) is 0 Å². The molecule has 21 heavy (non-hydrogen) atoms. The molecule has 1 atom stereocenters. The van der Waals surface area contributed by atoms with Gasteiger partial charge in [0.05, 0.1) is 11.9 Å². The Morgan fingerprint density at radius 1 is 1.38 bits per heavy atom. The van der Waals surface area contributed by atoms with Crippen molar-refractivity contribution < 1.29 is 0 Å². The van der Waals surface area contributed by atoms with Gasteiger partial charge in [0.1, 0.15) is 0 Å². The van der Waals surface area contributed by atoms with Crippen molar-refractivity contribution in [3.63, 3.8) is 0 Å². The summed E-state index contributed by atoms with van der Waals surface area (Å²) in [6.07, 6.45) is 9.60. The van der Waals surface area contributed by atoms with Crippen LogP contribution in [0.15, 0.2) is 24.4 Å². The van der Waals surface area contributed by atoms with Gasteiger partial charge in [0.15, 0.2) is 0 Å². The number of halogens is 1. The lowest BCUT2D eigenvalue weighted by Crippen LogP contribution is -2.03. The highest BCUT2D eigenvalue weighted by Gasteiger charge is 2.20. The van der Waals surface area contributed by atoms with Gasteiger partial charge in [-0.15, -0.1) is 0 Å². The minimum absolute atomic E-state index is 0.814. The second-order valence-corrected chi connectivity index (χ2v) is 6.62. The Labute approximate surface area is 132 Å². The van der Waals surface area contributed by atoms with Crippen LogP contribution < -0.4 is 0 Å². The molecule has 1 aliphatic carbocycles. The minimum Gasteiger partial charge on any atom is -0.237 e. The molecule has 1 aliphatic rings. The number of nitrogens with zero attached hydrogens (tertiary/aromatic N) is 2. The van der Waals surface area contributed by atoms with E-state index in [2.05, 4.69) is 35.0 Å². The summed E-state index contributed by atoms with van der Waals surface area (Å²) < 4.78 is 2.09. The maximum absolute atomic E-state index is 6.27. The van der Waals surface area contributed by atoms with Gasteiger partial charge >= 0.3 is 0 Å². The molecular formula is C18H23ClN2. The third-order valence-electron chi connectivity index (χ3n) is 4.59. The number of hydrogen-bond donors (Lipinski definition) is 0. The number of fused-ring (bicyclic) bond motifs is 1. The Morgan fingerprint density at radius 3 is 3.00 bits per heavy atom. The molecule has 0 saturated carbocycles. The fraction of sp³-hybridized carbons (Fsp3) is 0.500. The van der Waals surface area contributed by atoms with E-state index in [0.717, 1.165) is 28.6 Å². The van der Waals surface area contributed by atoms with E-state index in [1.54, 1.807) is 0 Å². The summed E-state index contributed by atoms with van der Waals surface area (Å²) in [7, 11) is 0. The molecule has 1 aromatic heterocycles. The van der Waals surface area contributed by atoms with Crippen LogP contribution in [0, 0.1) is 12.8 Å². The molecule has 0 N–H and O–H groups in total. The lowest BCUT2D eigenvalue weighted by molar-refractivity contribution is 0.441. The Hall–Kier alpha value is -1.28. The fourth-order valence-corrected chi connectivity index (χ4v) is 3.58. The molecule has 0 spiro atoms. The van der Waals surface area contributed by atoms with Crippen LogP contribution in [0.2, 0.25) is 5.02 Å². The molecule has 3 heteroatoms. The number of rotatable bonds is 3. The van der Waals surface area contributed by atoms with Crippen molar-refractivity contribution in [3.8, 4) is 5.69 Å². The van der Waals surface area contributed by atoms with Gasteiger partial charge in [0, 0.05) is 10.7 Å². The van der Waals surface area contributed by atoms with Crippen LogP contribution in [0.25, 0.3) is 5.69 Å². The second kappa shape index (κ2) is 6.23. The third-order valence-corrected chi connectivity index (χ3v) is 4.99. The average Bonchev–Trinajstić information content (AvgIpc) is 2.74. The monoisotopic (exact) mass is 302 g/mol. The summed E-state index contributed by atoms with van der Waals surface area (Å²) in [5.74, 6) is 0.829. The van der Waals surface area contributed by atoms with Crippen molar-refractivity contribution >= 4 is 11.6 Å². The summed E-state index contributed by atoms with van der Waals surface area (Å²) in [5.41, 5.74) is 5.01. The van der Waals surface area contributed by atoms with Gasteiger partial charge in [-0.1, -0.05) is 37.4 Å². The smallest absolute Gasteiger partial charge is 0.0663 e. The van der Waals surface area contributed by atoms with E-state index < -0.39 is 0 Å². The fourth-order valence-electron chi connectivity index (χ4n) is 3.41. The van der Waals surface area contributed by atoms with Crippen molar-refractivity contribution in [2.75, 3.05) is 0 Å². The van der Waals surface area contributed by atoms with E-state index in [1.807, 2.05) is 13.0 Å². The number of aromatic nitrogens is 2. The van der Waals surface area contributed by atoms with Gasteiger partial charge in [-0.25, -0.2) is 4.68 Å². The lowest BCUT2D eigenvalue weighted by Gasteiger charge is -2.11. The van der Waals surface area contributed by atoms with Crippen LogP contribution in [-0.4, -0.2) is 9.78 Å². The normalized spacial score (nSPS) is 18.3. The van der Waals surface area contributed by atoms with Gasteiger partial charge in [0.2, 0.25) is 0 Å². The Bertz CT molecular complexity index is 630. The Kier molecular flexibility index (Phi) is 4.34. The van der Waals surface area contributed by atoms with Crippen LogP contribution in [-0.2, 0) is 12.8 Å². The van der Waals surface area contributed by atoms with Crippen molar-refractivity contribution in [3.05, 3.63) is 46.2 Å². The van der Waals surface area contributed by atoms with Crippen LogP contribution >= 0.6 is 11.6 Å². The molecule has 2 aromatic rings. The minimum atomic E-state index is 0.814. The van der Waals surface area contributed by atoms with Crippen LogP contribution in [0.4, 0.5) is 0 Å². The highest BCUT2D eigenvalue weighted by atomic mass is 35.5. The molecule has 112 valence electrons. The number of hydrogen-bond acceptors (Lipinski definition) is 1. The zero-order valence-corrected chi connectivity index (χ0v) is 13.7. The summed E-state index contributed by atoms with van der Waals surface area (Å²) >= 11 is 6.27. The molecule has 1 heterocycles. The maximum atomic E-state index is 6.27.